The minimum Gasteiger partial charge on any atom is -0.493 e. The Balaban J connectivity index is 1.63. The predicted octanol–water partition coefficient (Wildman–Crippen LogP) is 5.03. The summed E-state index contributed by atoms with van der Waals surface area (Å²) in [6.45, 7) is 5.99. The van der Waals surface area contributed by atoms with Crippen molar-refractivity contribution in [2.24, 2.45) is 11.8 Å². The molecule has 6 heteroatoms. The zero-order valence-electron chi connectivity index (χ0n) is 19.8. The van der Waals surface area contributed by atoms with Crippen LogP contribution in [0.1, 0.15) is 67.0 Å². The lowest BCUT2D eigenvalue weighted by Gasteiger charge is -2.33. The van der Waals surface area contributed by atoms with Crippen molar-refractivity contribution in [2.45, 2.75) is 69.1 Å². The first-order chi connectivity index (χ1) is 16.0. The van der Waals surface area contributed by atoms with Crippen LogP contribution in [0, 0.1) is 11.8 Å². The molecule has 0 spiro atoms. The number of aryl methyl sites for hydroxylation is 2. The first-order valence-electron chi connectivity index (χ1n) is 12.3. The molecule has 2 aliphatic rings. The Morgan fingerprint density at radius 3 is 2.55 bits per heavy atom. The van der Waals surface area contributed by atoms with Crippen molar-refractivity contribution in [1.82, 2.24) is 0 Å². The highest BCUT2D eigenvalue weighted by Gasteiger charge is 2.39. The quantitative estimate of drug-likeness (QED) is 0.583. The normalized spacial score (nSPS) is 21.5. The molecular weight excluding hydrogens is 436 g/mol. The van der Waals surface area contributed by atoms with Crippen LogP contribution in [0.5, 0.6) is 5.75 Å². The van der Waals surface area contributed by atoms with Gasteiger partial charge < -0.3 is 14.6 Å². The van der Waals surface area contributed by atoms with E-state index in [1.807, 2.05) is 6.07 Å². The molecule has 1 saturated heterocycles. The van der Waals surface area contributed by atoms with Crippen LogP contribution in [-0.2, 0) is 34.0 Å². The van der Waals surface area contributed by atoms with E-state index in [9.17, 15) is 13.5 Å². The van der Waals surface area contributed by atoms with Gasteiger partial charge in [-0.1, -0.05) is 38.5 Å². The van der Waals surface area contributed by atoms with Crippen molar-refractivity contribution in [2.75, 3.05) is 19.8 Å². The average molecular weight is 473 g/mol. The number of benzene rings is 2. The molecule has 5 nitrogen and oxygen atoms in total. The SMILES string of the molecule is CCc1ccc2c(c1)CC[C@@H](CC)C2S(=O)(=O)c1ccc(OCC2CCOCC2)c(CO)c1. The third kappa shape index (κ3) is 5.13. The number of fused-ring (bicyclic) bond motifs is 1. The van der Waals surface area contributed by atoms with Crippen molar-refractivity contribution >= 4 is 9.84 Å². The Hall–Kier alpha value is -1.89. The average Bonchev–Trinajstić information content (AvgIpc) is 2.86. The van der Waals surface area contributed by atoms with Crippen LogP contribution in [-0.4, -0.2) is 33.3 Å². The van der Waals surface area contributed by atoms with Crippen molar-refractivity contribution in [3.8, 4) is 5.75 Å². The summed E-state index contributed by atoms with van der Waals surface area (Å²) in [6.07, 6.45) is 5.48. The van der Waals surface area contributed by atoms with Crippen LogP contribution in [0.25, 0.3) is 0 Å². The first kappa shape index (κ1) is 24.2. The highest BCUT2D eigenvalue weighted by Crippen LogP contribution is 2.45. The van der Waals surface area contributed by atoms with Crippen LogP contribution < -0.4 is 4.74 Å². The van der Waals surface area contributed by atoms with Gasteiger partial charge in [0.25, 0.3) is 0 Å². The van der Waals surface area contributed by atoms with Crippen LogP contribution in [0.15, 0.2) is 41.3 Å². The minimum absolute atomic E-state index is 0.0806. The number of hydrogen-bond acceptors (Lipinski definition) is 5. The van der Waals surface area contributed by atoms with Crippen molar-refractivity contribution < 1.29 is 23.0 Å². The first-order valence-corrected chi connectivity index (χ1v) is 13.8. The van der Waals surface area contributed by atoms with E-state index in [1.54, 1.807) is 18.2 Å². The lowest BCUT2D eigenvalue weighted by molar-refractivity contribution is 0.0494. The number of aliphatic hydroxyl groups is 1. The molecule has 1 heterocycles. The fraction of sp³-hybridized carbons (Fsp3) is 0.556. The molecule has 0 saturated carbocycles. The summed E-state index contributed by atoms with van der Waals surface area (Å²) in [6, 6.07) is 11.2. The molecule has 4 rings (SSSR count). The monoisotopic (exact) mass is 472 g/mol. The number of ether oxygens (including phenoxy) is 2. The van der Waals surface area contributed by atoms with Crippen LogP contribution in [0.4, 0.5) is 0 Å². The molecule has 1 unspecified atom stereocenters. The zero-order chi connectivity index (χ0) is 23.4. The summed E-state index contributed by atoms with van der Waals surface area (Å²) >= 11 is 0. The standard InChI is InChI=1S/C27H36O5S/c1-3-19-5-9-25-22(15-19)7-6-21(4-2)27(25)33(29,30)24-8-10-26(23(16-24)17-28)32-18-20-11-13-31-14-12-20/h5,8-10,15-16,20-21,27-28H,3-4,6-7,11-14,17-18H2,1-2H3/t21-,27?/m1/s1. The highest BCUT2D eigenvalue weighted by atomic mass is 32.2. The minimum atomic E-state index is -3.62. The lowest BCUT2D eigenvalue weighted by Crippen LogP contribution is -2.27. The smallest absolute Gasteiger partial charge is 0.185 e. The summed E-state index contributed by atoms with van der Waals surface area (Å²) < 4.78 is 39.2. The molecule has 180 valence electrons. The Morgan fingerprint density at radius 2 is 1.85 bits per heavy atom. The molecule has 2 aromatic carbocycles. The number of aliphatic hydroxyl groups excluding tert-OH is 1. The molecule has 1 aliphatic carbocycles. The second kappa shape index (κ2) is 10.6. The molecule has 2 atom stereocenters. The second-order valence-electron chi connectivity index (χ2n) is 9.35. The summed E-state index contributed by atoms with van der Waals surface area (Å²) in [5.41, 5.74) is 3.86. The molecule has 1 N–H and O–H groups in total. The van der Waals surface area contributed by atoms with Gasteiger partial charge in [-0.15, -0.1) is 0 Å². The van der Waals surface area contributed by atoms with E-state index in [0.29, 0.717) is 23.8 Å². The van der Waals surface area contributed by atoms with Crippen LogP contribution in [0.2, 0.25) is 0 Å². The van der Waals surface area contributed by atoms with Gasteiger partial charge in [0.15, 0.2) is 9.84 Å². The summed E-state index contributed by atoms with van der Waals surface area (Å²) in [7, 11) is -3.62. The zero-order valence-corrected chi connectivity index (χ0v) is 20.6. The van der Waals surface area contributed by atoms with Crippen LogP contribution in [0.3, 0.4) is 0 Å². The molecule has 0 aromatic heterocycles. The van der Waals surface area contributed by atoms with Gasteiger partial charge in [0.05, 0.1) is 23.4 Å². The maximum absolute atomic E-state index is 13.9. The maximum atomic E-state index is 13.9. The molecule has 0 amide bonds. The van der Waals surface area contributed by atoms with Gasteiger partial charge in [0, 0.05) is 18.8 Å². The molecule has 1 fully saturated rings. The summed E-state index contributed by atoms with van der Waals surface area (Å²) in [4.78, 5) is 0.265. The second-order valence-corrected chi connectivity index (χ2v) is 11.4. The van der Waals surface area contributed by atoms with E-state index in [2.05, 4.69) is 26.0 Å². The Morgan fingerprint density at radius 1 is 1.06 bits per heavy atom. The van der Waals surface area contributed by atoms with Gasteiger partial charge in [-0.2, -0.15) is 0 Å². The van der Waals surface area contributed by atoms with Gasteiger partial charge in [-0.3, -0.25) is 0 Å². The van der Waals surface area contributed by atoms with Gasteiger partial charge >= 0.3 is 0 Å². The molecule has 33 heavy (non-hydrogen) atoms. The lowest BCUT2D eigenvalue weighted by atomic mass is 9.81. The van der Waals surface area contributed by atoms with E-state index in [1.165, 1.54) is 5.56 Å². The molecule has 2 aromatic rings. The highest BCUT2D eigenvalue weighted by molar-refractivity contribution is 7.91. The molecule has 1 aliphatic heterocycles. The molecule has 0 bridgehead atoms. The van der Waals surface area contributed by atoms with Gasteiger partial charge in [-0.05, 0) is 78.8 Å². The maximum Gasteiger partial charge on any atom is 0.185 e. The Bertz CT molecular complexity index is 1060. The van der Waals surface area contributed by atoms with E-state index in [-0.39, 0.29) is 17.4 Å². The Labute approximate surface area is 198 Å². The van der Waals surface area contributed by atoms with Crippen molar-refractivity contribution in [3.05, 3.63) is 58.7 Å². The third-order valence-corrected chi connectivity index (χ3v) is 9.56. The van der Waals surface area contributed by atoms with Crippen molar-refractivity contribution in [3.63, 3.8) is 0 Å². The number of sulfone groups is 1. The molecule has 0 radical (unpaired) electrons. The number of rotatable bonds is 8. The summed E-state index contributed by atoms with van der Waals surface area (Å²) in [5, 5.41) is 9.42. The van der Waals surface area contributed by atoms with E-state index >= 15 is 0 Å². The van der Waals surface area contributed by atoms with Gasteiger partial charge in [-0.25, -0.2) is 8.42 Å². The van der Waals surface area contributed by atoms with E-state index in [4.69, 9.17) is 9.47 Å². The third-order valence-electron chi connectivity index (χ3n) is 7.34. The summed E-state index contributed by atoms with van der Waals surface area (Å²) in [5.74, 6) is 1.06. The van der Waals surface area contributed by atoms with Gasteiger partial charge in [0.2, 0.25) is 0 Å². The predicted molar refractivity (Wildman–Crippen MR) is 129 cm³/mol. The number of hydrogen-bond donors (Lipinski definition) is 1. The molecular formula is C27H36O5S. The van der Waals surface area contributed by atoms with E-state index < -0.39 is 15.1 Å². The fourth-order valence-electron chi connectivity index (χ4n) is 5.22. The van der Waals surface area contributed by atoms with E-state index in [0.717, 1.165) is 62.9 Å². The topological polar surface area (TPSA) is 72.8 Å². The Kier molecular flexibility index (Phi) is 7.77. The van der Waals surface area contributed by atoms with Gasteiger partial charge in [0.1, 0.15) is 5.75 Å². The largest absolute Gasteiger partial charge is 0.493 e. The van der Waals surface area contributed by atoms with Crippen LogP contribution >= 0.6 is 0 Å². The van der Waals surface area contributed by atoms with Crippen molar-refractivity contribution in [1.29, 1.82) is 0 Å². The fourth-order valence-corrected chi connectivity index (χ4v) is 7.48.